The van der Waals surface area contributed by atoms with E-state index in [0.29, 0.717) is 12.6 Å². The summed E-state index contributed by atoms with van der Waals surface area (Å²) in [6.07, 6.45) is 4.31. The van der Waals surface area contributed by atoms with E-state index >= 15 is 0 Å². The zero-order valence-corrected chi connectivity index (χ0v) is 9.08. The van der Waals surface area contributed by atoms with Crippen LogP contribution in [0.3, 0.4) is 0 Å². The summed E-state index contributed by atoms with van der Waals surface area (Å²) >= 11 is 0. The number of hydrogen-bond donors (Lipinski definition) is 2. The second-order valence-corrected chi connectivity index (χ2v) is 4.26. The molecule has 0 atom stereocenters. The second kappa shape index (κ2) is 5.29. The molecule has 2 rings (SSSR count). The summed E-state index contributed by atoms with van der Waals surface area (Å²) in [6, 6.07) is 9.30. The molecule has 0 amide bonds. The first kappa shape index (κ1) is 10.7. The summed E-state index contributed by atoms with van der Waals surface area (Å²) in [5.41, 5.74) is 2.99. The summed E-state index contributed by atoms with van der Waals surface area (Å²) in [6.45, 7) is 1.34. The first-order chi connectivity index (χ1) is 7.40. The Morgan fingerprint density at radius 1 is 1.13 bits per heavy atom. The third-order valence-corrected chi connectivity index (χ3v) is 3.07. The minimum atomic E-state index is 0.312. The van der Waals surface area contributed by atoms with Crippen molar-refractivity contribution < 1.29 is 5.11 Å². The van der Waals surface area contributed by atoms with Crippen molar-refractivity contribution in [3.63, 3.8) is 0 Å². The molecule has 1 aliphatic carbocycles. The van der Waals surface area contributed by atoms with Gasteiger partial charge in [0.25, 0.3) is 0 Å². The van der Waals surface area contributed by atoms with Crippen LogP contribution in [-0.4, -0.2) is 24.3 Å². The van der Waals surface area contributed by atoms with Crippen LogP contribution in [0.2, 0.25) is 0 Å². The van der Waals surface area contributed by atoms with Crippen LogP contribution in [0.5, 0.6) is 0 Å². The Morgan fingerprint density at radius 2 is 1.80 bits per heavy atom. The van der Waals surface area contributed by atoms with Gasteiger partial charge in [-0.2, -0.15) is 0 Å². The normalized spacial score (nSPS) is 15.5. The molecule has 0 saturated carbocycles. The van der Waals surface area contributed by atoms with Gasteiger partial charge in [-0.1, -0.05) is 24.3 Å². The Labute approximate surface area is 91.3 Å². The summed E-state index contributed by atoms with van der Waals surface area (Å²) in [5, 5.41) is 12.2. The molecule has 15 heavy (non-hydrogen) atoms. The number of nitrogens with one attached hydrogen (secondary N) is 1. The lowest BCUT2D eigenvalue weighted by atomic mass is 10.1. The minimum Gasteiger partial charge on any atom is -0.396 e. The fourth-order valence-corrected chi connectivity index (χ4v) is 2.25. The average molecular weight is 205 g/mol. The summed E-state index contributed by atoms with van der Waals surface area (Å²) in [7, 11) is 0. The van der Waals surface area contributed by atoms with Crippen molar-refractivity contribution in [3.8, 4) is 0 Å². The number of hydrogen-bond acceptors (Lipinski definition) is 2. The largest absolute Gasteiger partial charge is 0.396 e. The van der Waals surface area contributed by atoms with E-state index in [0.717, 1.165) is 32.2 Å². The lowest BCUT2D eigenvalue weighted by Crippen LogP contribution is -2.30. The minimum absolute atomic E-state index is 0.312. The van der Waals surface area contributed by atoms with Gasteiger partial charge in [0, 0.05) is 12.6 Å². The molecule has 0 fully saturated rings. The number of aliphatic hydroxyl groups is 1. The monoisotopic (exact) mass is 205 g/mol. The number of unbranched alkanes of at least 4 members (excludes halogenated alkanes) is 1. The number of aliphatic hydroxyl groups excluding tert-OH is 1. The highest BCUT2D eigenvalue weighted by Gasteiger charge is 2.19. The van der Waals surface area contributed by atoms with Gasteiger partial charge in [0.15, 0.2) is 0 Å². The van der Waals surface area contributed by atoms with Crippen molar-refractivity contribution in [1.82, 2.24) is 5.32 Å². The van der Waals surface area contributed by atoms with E-state index in [1.807, 2.05) is 0 Å². The Bertz CT molecular complexity index is 286. The maximum Gasteiger partial charge on any atom is 0.0431 e. The molecule has 0 radical (unpaired) electrons. The van der Waals surface area contributed by atoms with E-state index in [9.17, 15) is 0 Å². The van der Waals surface area contributed by atoms with E-state index in [4.69, 9.17) is 5.11 Å². The average Bonchev–Trinajstić information content (AvgIpc) is 2.67. The fraction of sp³-hybridized carbons (Fsp3) is 0.538. The van der Waals surface area contributed by atoms with Crippen molar-refractivity contribution in [2.75, 3.05) is 13.2 Å². The Morgan fingerprint density at radius 3 is 2.40 bits per heavy atom. The molecule has 2 nitrogen and oxygen atoms in total. The molecule has 1 aliphatic rings. The van der Waals surface area contributed by atoms with Crippen molar-refractivity contribution in [2.24, 2.45) is 0 Å². The topological polar surface area (TPSA) is 32.3 Å². The summed E-state index contributed by atoms with van der Waals surface area (Å²) in [5.74, 6) is 0. The predicted octanol–water partition coefficient (Wildman–Crippen LogP) is 1.52. The second-order valence-electron chi connectivity index (χ2n) is 4.26. The third kappa shape index (κ3) is 2.80. The van der Waals surface area contributed by atoms with Crippen molar-refractivity contribution in [3.05, 3.63) is 35.4 Å². The SMILES string of the molecule is OCCCCNC1Cc2ccccc2C1. The number of benzene rings is 1. The van der Waals surface area contributed by atoms with Gasteiger partial charge in [-0.05, 0) is 43.4 Å². The summed E-state index contributed by atoms with van der Waals surface area (Å²) < 4.78 is 0. The molecule has 0 bridgehead atoms. The van der Waals surface area contributed by atoms with Gasteiger partial charge in [0.1, 0.15) is 0 Å². The molecule has 0 aliphatic heterocycles. The highest BCUT2D eigenvalue weighted by atomic mass is 16.2. The molecule has 82 valence electrons. The first-order valence-corrected chi connectivity index (χ1v) is 5.81. The van der Waals surface area contributed by atoms with Crippen LogP contribution in [0.15, 0.2) is 24.3 Å². The number of rotatable bonds is 5. The van der Waals surface area contributed by atoms with Gasteiger partial charge < -0.3 is 10.4 Å². The van der Waals surface area contributed by atoms with Crippen LogP contribution in [0, 0.1) is 0 Å². The standard InChI is InChI=1S/C13H19NO/c15-8-4-3-7-14-13-9-11-5-1-2-6-12(11)10-13/h1-2,5-6,13-15H,3-4,7-10H2. The molecule has 2 N–H and O–H groups in total. The highest BCUT2D eigenvalue weighted by molar-refractivity contribution is 5.33. The Kier molecular flexibility index (Phi) is 3.75. The van der Waals surface area contributed by atoms with Gasteiger partial charge in [-0.25, -0.2) is 0 Å². The molecule has 0 unspecified atom stereocenters. The van der Waals surface area contributed by atoms with Crippen LogP contribution in [0.1, 0.15) is 24.0 Å². The fourth-order valence-electron chi connectivity index (χ4n) is 2.25. The Balaban J connectivity index is 1.76. The predicted molar refractivity (Wildman–Crippen MR) is 62.0 cm³/mol. The van der Waals surface area contributed by atoms with E-state index in [-0.39, 0.29) is 0 Å². The molecule has 0 saturated heterocycles. The molecule has 2 heteroatoms. The van der Waals surface area contributed by atoms with Gasteiger partial charge >= 0.3 is 0 Å². The molecule has 0 spiro atoms. The van der Waals surface area contributed by atoms with Gasteiger partial charge in [0.05, 0.1) is 0 Å². The maximum atomic E-state index is 8.67. The first-order valence-electron chi connectivity index (χ1n) is 5.81. The van der Waals surface area contributed by atoms with Crippen LogP contribution in [0.4, 0.5) is 0 Å². The maximum absolute atomic E-state index is 8.67. The van der Waals surface area contributed by atoms with Crippen LogP contribution < -0.4 is 5.32 Å². The molecule has 1 aromatic rings. The lowest BCUT2D eigenvalue weighted by Gasteiger charge is -2.10. The highest BCUT2D eigenvalue weighted by Crippen LogP contribution is 2.21. The van der Waals surface area contributed by atoms with Gasteiger partial charge in [0.2, 0.25) is 0 Å². The molecule has 1 aromatic carbocycles. The van der Waals surface area contributed by atoms with E-state index in [2.05, 4.69) is 29.6 Å². The molecule has 0 heterocycles. The smallest absolute Gasteiger partial charge is 0.0431 e. The quantitative estimate of drug-likeness (QED) is 0.714. The third-order valence-electron chi connectivity index (χ3n) is 3.07. The molecule has 0 aromatic heterocycles. The van der Waals surface area contributed by atoms with Crippen molar-refractivity contribution in [2.45, 2.75) is 31.7 Å². The lowest BCUT2D eigenvalue weighted by molar-refractivity contribution is 0.282. The van der Waals surface area contributed by atoms with Crippen LogP contribution >= 0.6 is 0 Å². The van der Waals surface area contributed by atoms with Crippen LogP contribution in [-0.2, 0) is 12.8 Å². The van der Waals surface area contributed by atoms with Gasteiger partial charge in [-0.3, -0.25) is 0 Å². The van der Waals surface area contributed by atoms with E-state index in [1.165, 1.54) is 11.1 Å². The van der Waals surface area contributed by atoms with Gasteiger partial charge in [-0.15, -0.1) is 0 Å². The van der Waals surface area contributed by atoms with Crippen molar-refractivity contribution in [1.29, 1.82) is 0 Å². The molecular formula is C13H19NO. The zero-order valence-electron chi connectivity index (χ0n) is 9.08. The number of fused-ring (bicyclic) bond motifs is 1. The Hall–Kier alpha value is -0.860. The van der Waals surface area contributed by atoms with E-state index < -0.39 is 0 Å². The van der Waals surface area contributed by atoms with Crippen molar-refractivity contribution >= 4 is 0 Å². The van der Waals surface area contributed by atoms with Crippen LogP contribution in [0.25, 0.3) is 0 Å². The molecular weight excluding hydrogens is 186 g/mol. The summed E-state index contributed by atoms with van der Waals surface area (Å²) in [4.78, 5) is 0. The van der Waals surface area contributed by atoms with E-state index in [1.54, 1.807) is 0 Å². The zero-order chi connectivity index (χ0) is 10.5.